The van der Waals surface area contributed by atoms with E-state index in [0.29, 0.717) is 5.52 Å². The number of aryl methyl sites for hydroxylation is 2. The zero-order valence-corrected chi connectivity index (χ0v) is 17.8. The van der Waals surface area contributed by atoms with Gasteiger partial charge in [-0.2, -0.15) is 0 Å². The van der Waals surface area contributed by atoms with Crippen LogP contribution < -0.4 is 11.1 Å². The Morgan fingerprint density at radius 2 is 1.86 bits per heavy atom. The Bertz CT molecular complexity index is 988. The third-order valence-electron chi connectivity index (χ3n) is 4.79. The van der Waals surface area contributed by atoms with E-state index in [9.17, 15) is 9.18 Å². The number of hydrogen-bond donors (Lipinski definition) is 2. The molecule has 0 saturated heterocycles. The van der Waals surface area contributed by atoms with Gasteiger partial charge >= 0.3 is 0 Å². The first-order valence-corrected chi connectivity index (χ1v) is 8.57. The highest BCUT2D eigenvalue weighted by Crippen LogP contribution is 2.27. The summed E-state index contributed by atoms with van der Waals surface area (Å²) in [4.78, 5) is 16.8. The van der Waals surface area contributed by atoms with Gasteiger partial charge in [0, 0.05) is 30.4 Å². The van der Waals surface area contributed by atoms with E-state index in [4.69, 9.17) is 5.73 Å². The van der Waals surface area contributed by atoms with Gasteiger partial charge in [-0.05, 0) is 49.7 Å². The molecule has 0 aliphatic carbocycles. The first-order chi connectivity index (χ1) is 12.3. The van der Waals surface area contributed by atoms with Crippen molar-refractivity contribution in [2.75, 3.05) is 5.32 Å². The Morgan fingerprint density at radius 3 is 2.46 bits per heavy atom. The highest BCUT2D eigenvalue weighted by atomic mass is 35.5. The number of hydrogen-bond acceptors (Lipinski definition) is 3. The number of carbonyl (C=O) groups excluding carboxylic acids is 1. The Morgan fingerprint density at radius 1 is 1.18 bits per heavy atom. The fourth-order valence-electron chi connectivity index (χ4n) is 2.86. The lowest BCUT2D eigenvalue weighted by molar-refractivity contribution is -0.119. The van der Waals surface area contributed by atoms with Crippen molar-refractivity contribution >= 4 is 47.4 Å². The number of nitrogens with two attached hydrogens (primary N) is 1. The van der Waals surface area contributed by atoms with Gasteiger partial charge in [-0.25, -0.2) is 9.37 Å². The molecule has 0 aliphatic rings. The molecular formula is C20H25Cl2FN4O. The van der Waals surface area contributed by atoms with Crippen molar-refractivity contribution in [1.82, 2.24) is 9.55 Å². The number of fused-ring (bicyclic) bond motifs is 1. The fourth-order valence-corrected chi connectivity index (χ4v) is 2.86. The summed E-state index contributed by atoms with van der Waals surface area (Å²) in [7, 11) is 1.90. The Balaban J connectivity index is 0.00000196. The second kappa shape index (κ2) is 9.37. The summed E-state index contributed by atoms with van der Waals surface area (Å²) in [5.74, 6) is 0.0630. The van der Waals surface area contributed by atoms with Crippen LogP contribution in [0.2, 0.25) is 0 Å². The van der Waals surface area contributed by atoms with Crippen molar-refractivity contribution in [3.05, 3.63) is 47.8 Å². The number of nitrogens with zero attached hydrogens (tertiary/aromatic N) is 2. The molecule has 1 heterocycles. The molecule has 3 aromatic rings. The predicted octanol–water partition coefficient (Wildman–Crippen LogP) is 4.45. The summed E-state index contributed by atoms with van der Waals surface area (Å²) < 4.78 is 15.4. The quantitative estimate of drug-likeness (QED) is 0.646. The van der Waals surface area contributed by atoms with Gasteiger partial charge in [-0.15, -0.1) is 24.8 Å². The molecule has 5 nitrogen and oxygen atoms in total. The molecule has 1 aromatic heterocycles. The van der Waals surface area contributed by atoms with Crippen molar-refractivity contribution in [2.45, 2.75) is 26.8 Å². The van der Waals surface area contributed by atoms with E-state index >= 15 is 0 Å². The third-order valence-corrected chi connectivity index (χ3v) is 4.79. The van der Waals surface area contributed by atoms with E-state index in [1.165, 1.54) is 12.1 Å². The Kier molecular flexibility index (Phi) is 7.99. The lowest BCUT2D eigenvalue weighted by Crippen LogP contribution is -2.34. The van der Waals surface area contributed by atoms with Crippen LogP contribution in [0.25, 0.3) is 22.4 Å². The molecule has 2 unspecified atom stereocenters. The van der Waals surface area contributed by atoms with E-state index in [1.54, 1.807) is 6.07 Å². The van der Waals surface area contributed by atoms with E-state index < -0.39 is 0 Å². The molecule has 152 valence electrons. The minimum Gasteiger partial charge on any atom is -0.327 e. The number of nitrogens with one attached hydrogen (secondary N) is 1. The number of anilines is 1. The number of carbonyl (C=O) groups is 1. The maximum Gasteiger partial charge on any atom is 0.228 e. The van der Waals surface area contributed by atoms with Crippen LogP contribution in [0.15, 0.2) is 36.4 Å². The van der Waals surface area contributed by atoms with Crippen molar-refractivity contribution < 1.29 is 9.18 Å². The van der Waals surface area contributed by atoms with Gasteiger partial charge in [0.15, 0.2) is 0 Å². The average Bonchev–Trinajstić information content (AvgIpc) is 2.91. The van der Waals surface area contributed by atoms with Gasteiger partial charge in [0.2, 0.25) is 5.91 Å². The summed E-state index contributed by atoms with van der Waals surface area (Å²) >= 11 is 0. The van der Waals surface area contributed by atoms with Crippen LogP contribution in [0, 0.1) is 18.7 Å². The lowest BCUT2D eigenvalue weighted by atomic mass is 10.0. The molecule has 1 amide bonds. The molecule has 28 heavy (non-hydrogen) atoms. The molecule has 0 fully saturated rings. The highest BCUT2D eigenvalue weighted by Gasteiger charge is 2.18. The van der Waals surface area contributed by atoms with Crippen molar-refractivity contribution in [3.8, 4) is 11.4 Å². The molecule has 0 bridgehead atoms. The molecule has 0 saturated carbocycles. The van der Waals surface area contributed by atoms with E-state index in [1.807, 2.05) is 50.6 Å². The fraction of sp³-hybridized carbons (Fsp3) is 0.300. The number of aromatic nitrogens is 2. The van der Waals surface area contributed by atoms with Crippen LogP contribution in [0.3, 0.4) is 0 Å². The van der Waals surface area contributed by atoms with Gasteiger partial charge in [-0.1, -0.05) is 6.92 Å². The van der Waals surface area contributed by atoms with E-state index in [-0.39, 0.29) is 48.5 Å². The number of amides is 1. The summed E-state index contributed by atoms with van der Waals surface area (Å²) in [5.41, 5.74) is 9.84. The monoisotopic (exact) mass is 426 g/mol. The zero-order valence-electron chi connectivity index (χ0n) is 16.2. The van der Waals surface area contributed by atoms with Gasteiger partial charge in [0.05, 0.1) is 17.0 Å². The first-order valence-electron chi connectivity index (χ1n) is 8.57. The molecular weight excluding hydrogens is 402 g/mol. The first kappa shape index (κ1) is 23.9. The molecule has 0 aliphatic heterocycles. The largest absolute Gasteiger partial charge is 0.327 e. The predicted molar refractivity (Wildman–Crippen MR) is 117 cm³/mol. The standard InChI is InChI=1S/C20H23FN4O.2ClH/c1-11-9-14(5-7-16(11)24-20(26)12(2)13(3)22)19-23-17-10-15(21)6-8-18(17)25(19)4;;/h5-10,12-13H,22H2,1-4H3,(H,24,26);2*1H. The second-order valence-corrected chi connectivity index (χ2v) is 6.79. The number of rotatable bonds is 4. The normalized spacial score (nSPS) is 12.6. The maximum atomic E-state index is 13.4. The van der Waals surface area contributed by atoms with Gasteiger partial charge < -0.3 is 15.6 Å². The molecule has 3 rings (SSSR count). The van der Waals surface area contributed by atoms with Gasteiger partial charge in [-0.3, -0.25) is 4.79 Å². The topological polar surface area (TPSA) is 72.9 Å². The highest BCUT2D eigenvalue weighted by molar-refractivity contribution is 5.94. The molecule has 8 heteroatoms. The van der Waals surface area contributed by atoms with Crippen molar-refractivity contribution in [3.63, 3.8) is 0 Å². The Labute approximate surface area is 176 Å². The number of imidazole rings is 1. The van der Waals surface area contributed by atoms with Crippen LogP contribution in [-0.4, -0.2) is 21.5 Å². The Hall–Kier alpha value is -2.15. The van der Waals surface area contributed by atoms with Crippen LogP contribution in [0.1, 0.15) is 19.4 Å². The second-order valence-electron chi connectivity index (χ2n) is 6.79. The van der Waals surface area contributed by atoms with Gasteiger partial charge in [0.1, 0.15) is 11.6 Å². The summed E-state index contributed by atoms with van der Waals surface area (Å²) in [5, 5.41) is 2.92. The maximum absolute atomic E-state index is 13.4. The molecule has 3 N–H and O–H groups in total. The average molecular weight is 427 g/mol. The minimum absolute atomic E-state index is 0. The number of halogens is 3. The lowest BCUT2D eigenvalue weighted by Gasteiger charge is -2.17. The van der Waals surface area contributed by atoms with Crippen LogP contribution in [0.5, 0.6) is 0 Å². The summed E-state index contributed by atoms with van der Waals surface area (Å²) in [6.45, 7) is 5.55. The molecule has 2 aromatic carbocycles. The van der Waals surface area contributed by atoms with E-state index in [2.05, 4.69) is 10.3 Å². The smallest absolute Gasteiger partial charge is 0.228 e. The minimum atomic E-state index is -0.306. The van der Waals surface area contributed by atoms with Crippen LogP contribution in [0.4, 0.5) is 10.1 Å². The summed E-state index contributed by atoms with van der Waals surface area (Å²) in [6, 6.07) is 10.1. The van der Waals surface area contributed by atoms with E-state index in [0.717, 1.165) is 28.2 Å². The molecule has 0 spiro atoms. The zero-order chi connectivity index (χ0) is 19.0. The summed E-state index contributed by atoms with van der Waals surface area (Å²) in [6.07, 6.45) is 0. The van der Waals surface area contributed by atoms with Crippen molar-refractivity contribution in [2.24, 2.45) is 18.7 Å². The van der Waals surface area contributed by atoms with Crippen LogP contribution >= 0.6 is 24.8 Å². The van der Waals surface area contributed by atoms with Crippen molar-refractivity contribution in [1.29, 1.82) is 0 Å². The SMILES string of the molecule is Cc1cc(-c2nc3cc(F)ccc3n2C)ccc1NC(=O)C(C)C(C)N.Cl.Cl. The van der Waals surface area contributed by atoms with Gasteiger partial charge in [0.25, 0.3) is 0 Å². The number of benzene rings is 2. The molecule has 2 atom stereocenters. The molecule has 0 radical (unpaired) electrons. The van der Waals surface area contributed by atoms with Crippen LogP contribution in [-0.2, 0) is 11.8 Å². The third kappa shape index (κ3) is 4.63.